The van der Waals surface area contributed by atoms with Gasteiger partial charge >= 0.3 is 0 Å². The predicted molar refractivity (Wildman–Crippen MR) is 73.4 cm³/mol. The Labute approximate surface area is 114 Å². The number of aryl methyl sites for hydroxylation is 1. The van der Waals surface area contributed by atoms with Crippen LogP contribution in [0.3, 0.4) is 0 Å². The van der Waals surface area contributed by atoms with Crippen LogP contribution in [0, 0.1) is 0 Å². The predicted octanol–water partition coefficient (Wildman–Crippen LogP) is 2.36. The van der Waals surface area contributed by atoms with E-state index in [1.807, 2.05) is 13.8 Å². The van der Waals surface area contributed by atoms with Crippen LogP contribution in [0.2, 0.25) is 0 Å². The summed E-state index contributed by atoms with van der Waals surface area (Å²) in [6.07, 6.45) is 7.62. The minimum Gasteiger partial charge on any atom is -0.476 e. The Morgan fingerprint density at radius 1 is 1.42 bits per heavy atom. The van der Waals surface area contributed by atoms with E-state index >= 15 is 0 Å². The molecular weight excluding hydrogens is 242 g/mol. The van der Waals surface area contributed by atoms with Crippen molar-refractivity contribution in [3.05, 3.63) is 11.8 Å². The minimum atomic E-state index is -0.0601. The van der Waals surface area contributed by atoms with Crippen molar-refractivity contribution in [2.24, 2.45) is 0 Å². The van der Waals surface area contributed by atoms with Gasteiger partial charge in [-0.1, -0.05) is 19.3 Å². The SMILES string of the molecule is CCOc1nn(CC)cc1C(=O)NC1CCCCC1. The summed E-state index contributed by atoms with van der Waals surface area (Å²) in [6.45, 7) is 5.14. The molecule has 0 spiro atoms. The molecule has 1 aliphatic carbocycles. The Morgan fingerprint density at radius 3 is 2.79 bits per heavy atom. The first-order valence-electron chi connectivity index (χ1n) is 7.25. The summed E-state index contributed by atoms with van der Waals surface area (Å²) < 4.78 is 7.17. The van der Waals surface area contributed by atoms with E-state index < -0.39 is 0 Å². The summed E-state index contributed by atoms with van der Waals surface area (Å²) >= 11 is 0. The average Bonchev–Trinajstić information content (AvgIpc) is 2.84. The topological polar surface area (TPSA) is 56.2 Å². The largest absolute Gasteiger partial charge is 0.476 e. The Balaban J connectivity index is 2.06. The minimum absolute atomic E-state index is 0.0601. The Morgan fingerprint density at radius 2 is 2.16 bits per heavy atom. The fourth-order valence-corrected chi connectivity index (χ4v) is 2.47. The van der Waals surface area contributed by atoms with Crippen LogP contribution in [0.1, 0.15) is 56.3 Å². The van der Waals surface area contributed by atoms with Gasteiger partial charge in [-0.3, -0.25) is 9.48 Å². The molecule has 1 amide bonds. The van der Waals surface area contributed by atoms with Gasteiger partial charge in [0, 0.05) is 18.8 Å². The van der Waals surface area contributed by atoms with E-state index in [4.69, 9.17) is 4.74 Å². The summed E-state index contributed by atoms with van der Waals surface area (Å²) in [5, 5.41) is 7.37. The molecule has 5 heteroatoms. The number of carbonyl (C=O) groups excluding carboxylic acids is 1. The lowest BCUT2D eigenvalue weighted by atomic mass is 9.95. The zero-order chi connectivity index (χ0) is 13.7. The molecule has 0 aliphatic heterocycles. The molecular formula is C14H23N3O2. The highest BCUT2D eigenvalue weighted by Crippen LogP contribution is 2.20. The van der Waals surface area contributed by atoms with Crippen molar-refractivity contribution in [2.75, 3.05) is 6.61 Å². The van der Waals surface area contributed by atoms with Crippen molar-refractivity contribution in [1.29, 1.82) is 0 Å². The number of ether oxygens (including phenoxy) is 1. The fraction of sp³-hybridized carbons (Fsp3) is 0.714. The Kier molecular flexibility index (Phi) is 4.82. The van der Waals surface area contributed by atoms with E-state index in [9.17, 15) is 4.79 Å². The van der Waals surface area contributed by atoms with Gasteiger partial charge in [0.05, 0.1) is 6.61 Å². The van der Waals surface area contributed by atoms with Gasteiger partial charge < -0.3 is 10.1 Å². The fourth-order valence-electron chi connectivity index (χ4n) is 2.47. The van der Waals surface area contributed by atoms with Gasteiger partial charge in [0.25, 0.3) is 5.91 Å². The summed E-state index contributed by atoms with van der Waals surface area (Å²) in [4.78, 5) is 12.3. The van der Waals surface area contributed by atoms with Gasteiger partial charge in [0.2, 0.25) is 5.88 Å². The van der Waals surface area contributed by atoms with Crippen molar-refractivity contribution in [2.45, 2.75) is 58.5 Å². The molecule has 1 heterocycles. The lowest BCUT2D eigenvalue weighted by Crippen LogP contribution is -2.36. The maximum atomic E-state index is 12.3. The molecule has 1 aromatic heterocycles. The van der Waals surface area contributed by atoms with Crippen LogP contribution >= 0.6 is 0 Å². The summed E-state index contributed by atoms with van der Waals surface area (Å²) in [5.74, 6) is 0.382. The number of nitrogens with one attached hydrogen (secondary N) is 1. The van der Waals surface area contributed by atoms with E-state index in [1.165, 1.54) is 19.3 Å². The normalized spacial score (nSPS) is 16.3. The monoisotopic (exact) mass is 265 g/mol. The second-order valence-electron chi connectivity index (χ2n) is 4.95. The molecule has 106 valence electrons. The quantitative estimate of drug-likeness (QED) is 0.889. The van der Waals surface area contributed by atoms with Gasteiger partial charge in [0.1, 0.15) is 5.56 Å². The third-order valence-corrected chi connectivity index (χ3v) is 3.52. The van der Waals surface area contributed by atoms with Crippen molar-refractivity contribution < 1.29 is 9.53 Å². The molecule has 0 atom stereocenters. The molecule has 1 N–H and O–H groups in total. The second kappa shape index (κ2) is 6.59. The molecule has 1 fully saturated rings. The number of hydrogen-bond donors (Lipinski definition) is 1. The van der Waals surface area contributed by atoms with Crippen LogP contribution in [0.15, 0.2) is 6.20 Å². The van der Waals surface area contributed by atoms with Gasteiger partial charge in [0.15, 0.2) is 0 Å². The van der Waals surface area contributed by atoms with E-state index in [-0.39, 0.29) is 5.91 Å². The van der Waals surface area contributed by atoms with Crippen LogP contribution in [-0.4, -0.2) is 28.3 Å². The highest BCUT2D eigenvalue weighted by molar-refractivity contribution is 5.96. The zero-order valence-electron chi connectivity index (χ0n) is 11.8. The van der Waals surface area contributed by atoms with E-state index in [0.29, 0.717) is 24.1 Å². The summed E-state index contributed by atoms with van der Waals surface area (Å²) in [5.41, 5.74) is 0.550. The molecule has 0 unspecified atom stereocenters. The lowest BCUT2D eigenvalue weighted by molar-refractivity contribution is 0.0924. The van der Waals surface area contributed by atoms with Gasteiger partial charge in [-0.2, -0.15) is 0 Å². The molecule has 1 saturated carbocycles. The first kappa shape index (κ1) is 13.9. The smallest absolute Gasteiger partial charge is 0.258 e. The second-order valence-corrected chi connectivity index (χ2v) is 4.95. The molecule has 1 aromatic rings. The van der Waals surface area contributed by atoms with E-state index in [0.717, 1.165) is 19.4 Å². The summed E-state index contributed by atoms with van der Waals surface area (Å²) in [7, 11) is 0. The molecule has 19 heavy (non-hydrogen) atoms. The van der Waals surface area contributed by atoms with Crippen LogP contribution in [0.4, 0.5) is 0 Å². The van der Waals surface area contributed by atoms with Crippen molar-refractivity contribution in [3.63, 3.8) is 0 Å². The molecule has 5 nitrogen and oxygen atoms in total. The maximum absolute atomic E-state index is 12.3. The highest BCUT2D eigenvalue weighted by atomic mass is 16.5. The Hall–Kier alpha value is -1.52. The van der Waals surface area contributed by atoms with Crippen LogP contribution in [0.25, 0.3) is 0 Å². The third kappa shape index (κ3) is 3.49. The molecule has 0 saturated heterocycles. The Bertz CT molecular complexity index is 422. The molecule has 0 aromatic carbocycles. The molecule has 2 rings (SSSR count). The number of carbonyl (C=O) groups is 1. The number of aromatic nitrogens is 2. The number of amides is 1. The summed E-state index contributed by atoms with van der Waals surface area (Å²) in [6, 6.07) is 0.306. The lowest BCUT2D eigenvalue weighted by Gasteiger charge is -2.22. The first-order valence-corrected chi connectivity index (χ1v) is 7.25. The number of hydrogen-bond acceptors (Lipinski definition) is 3. The van der Waals surface area contributed by atoms with Crippen LogP contribution in [0.5, 0.6) is 5.88 Å². The zero-order valence-corrected chi connectivity index (χ0v) is 11.8. The highest BCUT2D eigenvalue weighted by Gasteiger charge is 2.21. The molecule has 0 bridgehead atoms. The molecule has 0 radical (unpaired) electrons. The van der Waals surface area contributed by atoms with E-state index in [2.05, 4.69) is 10.4 Å². The van der Waals surface area contributed by atoms with Gasteiger partial charge in [-0.25, -0.2) is 0 Å². The van der Waals surface area contributed by atoms with Gasteiger partial charge in [-0.05, 0) is 26.7 Å². The average molecular weight is 265 g/mol. The van der Waals surface area contributed by atoms with Crippen molar-refractivity contribution >= 4 is 5.91 Å². The number of nitrogens with zero attached hydrogens (tertiary/aromatic N) is 2. The van der Waals surface area contributed by atoms with Gasteiger partial charge in [-0.15, -0.1) is 5.10 Å². The van der Waals surface area contributed by atoms with Crippen molar-refractivity contribution in [1.82, 2.24) is 15.1 Å². The first-order chi connectivity index (χ1) is 9.24. The van der Waals surface area contributed by atoms with Crippen molar-refractivity contribution in [3.8, 4) is 5.88 Å². The van der Waals surface area contributed by atoms with Crippen LogP contribution in [-0.2, 0) is 6.54 Å². The number of rotatable bonds is 5. The molecule has 1 aliphatic rings. The van der Waals surface area contributed by atoms with E-state index in [1.54, 1.807) is 10.9 Å². The van der Waals surface area contributed by atoms with Crippen LogP contribution < -0.4 is 10.1 Å². The third-order valence-electron chi connectivity index (χ3n) is 3.52. The standard InChI is InChI=1S/C14H23N3O2/c1-3-17-10-12(14(16-17)19-4-2)13(18)15-11-8-6-5-7-9-11/h10-11H,3-9H2,1-2H3,(H,15,18). The maximum Gasteiger partial charge on any atom is 0.258 e.